The van der Waals surface area contributed by atoms with E-state index in [9.17, 15) is 36.6 Å². The van der Waals surface area contributed by atoms with E-state index in [1.165, 1.54) is 13.0 Å². The minimum atomic E-state index is -4.87. The van der Waals surface area contributed by atoms with Gasteiger partial charge in [0.25, 0.3) is 5.91 Å². The molecule has 0 aliphatic heterocycles. The number of carboxylic acid groups (broad SMARTS) is 1. The molecule has 0 saturated heterocycles. The maximum absolute atomic E-state index is 15.3. The highest BCUT2D eigenvalue weighted by Crippen LogP contribution is 2.42. The number of hydrogen-bond donors (Lipinski definition) is 3. The fourth-order valence-electron chi connectivity index (χ4n) is 4.51. The average Bonchev–Trinajstić information content (AvgIpc) is 3.42. The van der Waals surface area contributed by atoms with Crippen molar-refractivity contribution in [2.45, 2.75) is 63.1 Å². The van der Waals surface area contributed by atoms with Crippen LogP contribution in [-0.2, 0) is 4.79 Å². The van der Waals surface area contributed by atoms with E-state index < -0.39 is 78.0 Å². The van der Waals surface area contributed by atoms with Crippen LogP contribution in [0.4, 0.5) is 26.3 Å². The van der Waals surface area contributed by atoms with E-state index in [1.54, 1.807) is 0 Å². The summed E-state index contributed by atoms with van der Waals surface area (Å²) in [6.07, 6.45) is -7.58. The fraction of sp³-hybridized carbons (Fsp3) is 0.500. The molecule has 2 atom stereocenters. The summed E-state index contributed by atoms with van der Waals surface area (Å²) < 4.78 is 86.1. The second-order valence-corrected chi connectivity index (χ2v) is 9.04. The van der Waals surface area contributed by atoms with Gasteiger partial charge in [0, 0.05) is 18.4 Å². The highest BCUT2D eigenvalue weighted by atomic mass is 19.4. The summed E-state index contributed by atoms with van der Waals surface area (Å²) in [5.41, 5.74) is -1.13. The van der Waals surface area contributed by atoms with Gasteiger partial charge in [-0.25, -0.2) is 22.8 Å². The normalized spacial score (nSPS) is 18.0. The zero-order valence-electron chi connectivity index (χ0n) is 19.2. The first-order valence-electron chi connectivity index (χ1n) is 11.2. The van der Waals surface area contributed by atoms with E-state index in [-0.39, 0.29) is 35.6 Å². The quantitative estimate of drug-likeness (QED) is 0.371. The second kappa shape index (κ2) is 9.67. The van der Waals surface area contributed by atoms with Gasteiger partial charge < -0.3 is 15.4 Å². The standard InChI is InChI=1S/C22H21F6N5O4/c1-9-15(33-37-32-9)19(34)31-16(10-4-6-21(24,25)7-5-10)18-29-13-3-2-11(14(23)17(13)30-18)12(20(35)36)8-22(26,27)28/h2-3,10,12,16H,4-8H2,1H3,(H,29,30)(H,31,34)(H,35,36)/t12?,16-/m0/s1. The van der Waals surface area contributed by atoms with Gasteiger partial charge in [-0.2, -0.15) is 13.2 Å². The Bertz CT molecular complexity index is 1310. The number of H-pyrrole nitrogens is 1. The van der Waals surface area contributed by atoms with Crippen molar-refractivity contribution in [3.05, 3.63) is 40.7 Å². The molecule has 2 heterocycles. The number of amides is 1. The van der Waals surface area contributed by atoms with Gasteiger partial charge in [-0.15, -0.1) is 0 Å². The van der Waals surface area contributed by atoms with Gasteiger partial charge in [0.1, 0.15) is 17.0 Å². The number of fused-ring (bicyclic) bond motifs is 1. The number of alkyl halides is 5. The van der Waals surface area contributed by atoms with Crippen LogP contribution < -0.4 is 5.32 Å². The number of aliphatic carboxylic acids is 1. The topological polar surface area (TPSA) is 134 Å². The van der Waals surface area contributed by atoms with Crippen LogP contribution in [0.3, 0.4) is 0 Å². The Kier molecular flexibility index (Phi) is 6.90. The third-order valence-corrected chi connectivity index (χ3v) is 6.43. The number of benzene rings is 1. The number of carbonyl (C=O) groups is 2. The molecule has 1 fully saturated rings. The molecular weight excluding hydrogens is 512 g/mol. The minimum absolute atomic E-state index is 0.00849. The van der Waals surface area contributed by atoms with E-state index in [0.717, 1.165) is 6.07 Å². The van der Waals surface area contributed by atoms with Gasteiger partial charge in [-0.3, -0.25) is 9.59 Å². The molecule has 1 aliphatic carbocycles. The van der Waals surface area contributed by atoms with Crippen molar-refractivity contribution < 1.29 is 45.7 Å². The molecule has 1 aromatic carbocycles. The summed E-state index contributed by atoms with van der Waals surface area (Å²) in [6, 6.07) is 1.07. The second-order valence-electron chi connectivity index (χ2n) is 9.04. The number of aromatic amines is 1. The smallest absolute Gasteiger partial charge is 0.390 e. The lowest BCUT2D eigenvalue weighted by Gasteiger charge is -2.33. The molecule has 15 heteroatoms. The van der Waals surface area contributed by atoms with Crippen molar-refractivity contribution in [2.24, 2.45) is 5.92 Å². The first-order chi connectivity index (χ1) is 17.3. The molecule has 2 aromatic heterocycles. The highest BCUT2D eigenvalue weighted by molar-refractivity contribution is 5.93. The van der Waals surface area contributed by atoms with Crippen LogP contribution in [0.1, 0.15) is 71.6 Å². The van der Waals surface area contributed by atoms with Crippen molar-refractivity contribution in [3.8, 4) is 0 Å². The van der Waals surface area contributed by atoms with Crippen molar-refractivity contribution in [1.82, 2.24) is 25.6 Å². The Morgan fingerprint density at radius 1 is 1.24 bits per heavy atom. The highest BCUT2D eigenvalue weighted by Gasteiger charge is 2.41. The zero-order valence-corrected chi connectivity index (χ0v) is 19.2. The third kappa shape index (κ3) is 5.69. The Labute approximate surface area is 204 Å². The van der Waals surface area contributed by atoms with Crippen LogP contribution in [0.25, 0.3) is 11.0 Å². The molecule has 0 bridgehead atoms. The van der Waals surface area contributed by atoms with Crippen LogP contribution in [0, 0.1) is 18.7 Å². The fourth-order valence-corrected chi connectivity index (χ4v) is 4.51. The SMILES string of the molecule is Cc1nonc1C(=O)N[C@H](c1nc2c(F)c(C(CC(F)(F)F)C(=O)O)ccc2[nH]1)C1CCC(F)(F)CC1. The summed E-state index contributed by atoms with van der Waals surface area (Å²) in [4.78, 5) is 31.2. The van der Waals surface area contributed by atoms with E-state index in [4.69, 9.17) is 0 Å². The molecule has 1 aliphatic rings. The molecule has 200 valence electrons. The molecule has 3 N–H and O–H groups in total. The first-order valence-corrected chi connectivity index (χ1v) is 11.2. The van der Waals surface area contributed by atoms with Gasteiger partial charge >= 0.3 is 12.1 Å². The number of nitrogens with one attached hydrogen (secondary N) is 2. The monoisotopic (exact) mass is 533 g/mol. The van der Waals surface area contributed by atoms with E-state index in [0.29, 0.717) is 0 Å². The summed E-state index contributed by atoms with van der Waals surface area (Å²) >= 11 is 0. The number of carboxylic acids is 1. The number of carbonyl (C=O) groups excluding carboxylic acids is 1. The Balaban J connectivity index is 1.72. The molecule has 3 aromatic rings. The predicted molar refractivity (Wildman–Crippen MR) is 113 cm³/mol. The van der Waals surface area contributed by atoms with Crippen LogP contribution >= 0.6 is 0 Å². The Hall–Kier alpha value is -3.65. The van der Waals surface area contributed by atoms with Gasteiger partial charge in [0.05, 0.1) is 23.9 Å². The van der Waals surface area contributed by atoms with Crippen molar-refractivity contribution in [1.29, 1.82) is 0 Å². The predicted octanol–water partition coefficient (Wildman–Crippen LogP) is 4.81. The maximum Gasteiger partial charge on any atom is 0.390 e. The summed E-state index contributed by atoms with van der Waals surface area (Å²) in [5.74, 6) is -9.56. The molecule has 1 saturated carbocycles. The number of hydrogen-bond acceptors (Lipinski definition) is 6. The maximum atomic E-state index is 15.3. The molecule has 1 amide bonds. The van der Waals surface area contributed by atoms with Gasteiger partial charge in [-0.05, 0) is 36.9 Å². The molecule has 1 unspecified atom stereocenters. The molecule has 4 rings (SSSR count). The van der Waals surface area contributed by atoms with Crippen LogP contribution in [0.5, 0.6) is 0 Å². The number of imidazole rings is 1. The Morgan fingerprint density at radius 2 is 1.92 bits per heavy atom. The lowest BCUT2D eigenvalue weighted by atomic mass is 9.81. The number of halogens is 6. The van der Waals surface area contributed by atoms with E-state index in [1.807, 2.05) is 0 Å². The minimum Gasteiger partial charge on any atom is -0.481 e. The average molecular weight is 533 g/mol. The van der Waals surface area contributed by atoms with Crippen LogP contribution in [-0.4, -0.2) is 49.4 Å². The van der Waals surface area contributed by atoms with Crippen molar-refractivity contribution in [3.63, 3.8) is 0 Å². The number of aryl methyl sites for hydroxylation is 1. The zero-order chi connectivity index (χ0) is 27.1. The summed E-state index contributed by atoms with van der Waals surface area (Å²) in [5, 5.41) is 18.9. The number of nitrogens with zero attached hydrogens (tertiary/aromatic N) is 3. The lowest BCUT2D eigenvalue weighted by Crippen LogP contribution is -2.38. The molecule has 0 radical (unpaired) electrons. The van der Waals surface area contributed by atoms with Crippen LogP contribution in [0.15, 0.2) is 16.8 Å². The van der Waals surface area contributed by atoms with Gasteiger partial charge in [0.2, 0.25) is 5.92 Å². The Morgan fingerprint density at radius 3 is 2.49 bits per heavy atom. The van der Waals surface area contributed by atoms with Crippen LogP contribution in [0.2, 0.25) is 0 Å². The lowest BCUT2D eigenvalue weighted by molar-refractivity contribution is -0.157. The number of rotatable bonds is 7. The van der Waals surface area contributed by atoms with E-state index in [2.05, 4.69) is 30.2 Å². The largest absolute Gasteiger partial charge is 0.481 e. The number of aromatic nitrogens is 4. The molecular formula is C22H21F6N5O4. The van der Waals surface area contributed by atoms with Crippen molar-refractivity contribution >= 4 is 22.9 Å². The molecule has 0 spiro atoms. The van der Waals surface area contributed by atoms with E-state index >= 15 is 4.39 Å². The molecule has 9 nitrogen and oxygen atoms in total. The first kappa shape index (κ1) is 26.4. The van der Waals surface area contributed by atoms with Gasteiger partial charge in [-0.1, -0.05) is 11.2 Å². The third-order valence-electron chi connectivity index (χ3n) is 6.43. The van der Waals surface area contributed by atoms with Gasteiger partial charge in [0.15, 0.2) is 11.5 Å². The summed E-state index contributed by atoms with van der Waals surface area (Å²) in [6.45, 7) is 1.46. The molecule has 37 heavy (non-hydrogen) atoms. The van der Waals surface area contributed by atoms with Crippen molar-refractivity contribution in [2.75, 3.05) is 0 Å². The summed E-state index contributed by atoms with van der Waals surface area (Å²) in [7, 11) is 0.